The van der Waals surface area contributed by atoms with Gasteiger partial charge in [-0.3, -0.25) is 4.79 Å². The van der Waals surface area contributed by atoms with E-state index in [0.717, 1.165) is 11.3 Å². The molecular formula is C20H21N5O3S. The largest absolute Gasteiger partial charge is 0.335 e. The summed E-state index contributed by atoms with van der Waals surface area (Å²) in [6, 6.07) is 18.4. The SMILES string of the molecule is O=C(c1cnn(-c2ccccc2)n1)N1CCN(S(=O)(=O)Cc2ccccc2)CC1. The van der Waals surface area contributed by atoms with Gasteiger partial charge in [0, 0.05) is 26.2 Å². The second-order valence-corrected chi connectivity index (χ2v) is 8.76. The van der Waals surface area contributed by atoms with Crippen LogP contribution >= 0.6 is 0 Å². The Kier molecular flexibility index (Phi) is 5.41. The number of carbonyl (C=O) groups is 1. The summed E-state index contributed by atoms with van der Waals surface area (Å²) in [5, 5.41) is 8.42. The normalized spacial score (nSPS) is 15.4. The van der Waals surface area contributed by atoms with Gasteiger partial charge in [-0.2, -0.15) is 14.2 Å². The summed E-state index contributed by atoms with van der Waals surface area (Å²) < 4.78 is 26.8. The minimum Gasteiger partial charge on any atom is -0.335 e. The molecule has 0 unspecified atom stereocenters. The molecule has 150 valence electrons. The predicted octanol–water partition coefficient (Wildman–Crippen LogP) is 1.56. The standard InChI is InChI=1S/C20H21N5O3S/c26-20(19-15-21-25(22-19)18-9-5-2-6-10-18)23-11-13-24(14-12-23)29(27,28)16-17-7-3-1-4-8-17/h1-10,15H,11-14,16H2. The molecule has 1 aromatic heterocycles. The average molecular weight is 411 g/mol. The molecular weight excluding hydrogens is 390 g/mol. The summed E-state index contributed by atoms with van der Waals surface area (Å²) in [5.41, 5.74) is 1.77. The van der Waals surface area contributed by atoms with Crippen molar-refractivity contribution in [2.75, 3.05) is 26.2 Å². The zero-order valence-electron chi connectivity index (χ0n) is 15.8. The van der Waals surface area contributed by atoms with Crippen LogP contribution in [0.25, 0.3) is 5.69 Å². The quantitative estimate of drug-likeness (QED) is 0.636. The first-order valence-corrected chi connectivity index (χ1v) is 10.9. The van der Waals surface area contributed by atoms with Crippen LogP contribution in [0.1, 0.15) is 16.1 Å². The molecule has 0 spiro atoms. The minimum absolute atomic E-state index is 0.0345. The number of piperazine rings is 1. The molecule has 1 fully saturated rings. The summed E-state index contributed by atoms with van der Waals surface area (Å²) in [4.78, 5) is 15.8. The second-order valence-electron chi connectivity index (χ2n) is 6.79. The topological polar surface area (TPSA) is 88.4 Å². The highest BCUT2D eigenvalue weighted by Gasteiger charge is 2.30. The van der Waals surface area contributed by atoms with E-state index in [4.69, 9.17) is 0 Å². The summed E-state index contributed by atoms with van der Waals surface area (Å²) in [6.45, 7) is 1.19. The van der Waals surface area contributed by atoms with E-state index in [1.807, 2.05) is 48.5 Å². The van der Waals surface area contributed by atoms with Gasteiger partial charge in [0.25, 0.3) is 5.91 Å². The molecule has 3 aromatic rings. The van der Waals surface area contributed by atoms with Crippen LogP contribution in [-0.2, 0) is 15.8 Å². The highest BCUT2D eigenvalue weighted by molar-refractivity contribution is 7.88. The molecule has 29 heavy (non-hydrogen) atoms. The lowest BCUT2D eigenvalue weighted by Crippen LogP contribution is -2.50. The lowest BCUT2D eigenvalue weighted by Gasteiger charge is -2.33. The molecule has 0 bridgehead atoms. The maximum Gasteiger partial charge on any atom is 0.276 e. The van der Waals surface area contributed by atoms with Gasteiger partial charge in [-0.1, -0.05) is 48.5 Å². The first-order valence-electron chi connectivity index (χ1n) is 9.32. The Bertz CT molecular complexity index is 1080. The number of rotatable bonds is 5. The van der Waals surface area contributed by atoms with Gasteiger partial charge in [0.1, 0.15) is 0 Å². The summed E-state index contributed by atoms with van der Waals surface area (Å²) in [5.74, 6) is -0.278. The van der Waals surface area contributed by atoms with Crippen LogP contribution in [0, 0.1) is 0 Å². The average Bonchev–Trinajstić information content (AvgIpc) is 3.25. The molecule has 0 N–H and O–H groups in total. The molecule has 1 amide bonds. The second kappa shape index (κ2) is 8.14. The lowest BCUT2D eigenvalue weighted by atomic mass is 10.2. The van der Waals surface area contributed by atoms with Crippen LogP contribution in [0.3, 0.4) is 0 Å². The van der Waals surface area contributed by atoms with Crippen LogP contribution < -0.4 is 0 Å². The highest BCUT2D eigenvalue weighted by atomic mass is 32.2. The summed E-state index contributed by atoms with van der Waals surface area (Å²) >= 11 is 0. The van der Waals surface area contributed by atoms with E-state index in [0.29, 0.717) is 13.1 Å². The molecule has 1 aliphatic rings. The molecule has 4 rings (SSSR count). The van der Waals surface area contributed by atoms with E-state index in [1.165, 1.54) is 15.3 Å². The zero-order chi connectivity index (χ0) is 20.3. The Balaban J connectivity index is 1.38. The van der Waals surface area contributed by atoms with E-state index < -0.39 is 10.0 Å². The fraction of sp³-hybridized carbons (Fsp3) is 0.250. The molecule has 1 aliphatic heterocycles. The van der Waals surface area contributed by atoms with Crippen molar-refractivity contribution in [3.63, 3.8) is 0 Å². The van der Waals surface area contributed by atoms with Crippen LogP contribution in [0.15, 0.2) is 66.9 Å². The number of para-hydroxylation sites is 1. The van der Waals surface area contributed by atoms with Crippen molar-refractivity contribution >= 4 is 15.9 Å². The van der Waals surface area contributed by atoms with Gasteiger partial charge in [-0.15, -0.1) is 5.10 Å². The number of benzene rings is 2. The first kappa shape index (κ1) is 19.3. The predicted molar refractivity (Wildman–Crippen MR) is 108 cm³/mol. The lowest BCUT2D eigenvalue weighted by molar-refractivity contribution is 0.0691. The molecule has 2 aromatic carbocycles. The number of aromatic nitrogens is 3. The van der Waals surface area contributed by atoms with Crippen molar-refractivity contribution in [2.45, 2.75) is 5.75 Å². The number of sulfonamides is 1. The van der Waals surface area contributed by atoms with Gasteiger partial charge < -0.3 is 4.90 Å². The van der Waals surface area contributed by atoms with Crippen LogP contribution in [0.4, 0.5) is 0 Å². The summed E-state index contributed by atoms with van der Waals surface area (Å²) in [7, 11) is -3.42. The zero-order valence-corrected chi connectivity index (χ0v) is 16.6. The Morgan fingerprint density at radius 2 is 1.52 bits per heavy atom. The maximum absolute atomic E-state index is 12.7. The smallest absolute Gasteiger partial charge is 0.276 e. The van der Waals surface area contributed by atoms with Crippen LogP contribution in [-0.4, -0.2) is 64.7 Å². The van der Waals surface area contributed by atoms with Crippen LogP contribution in [0.5, 0.6) is 0 Å². The third-order valence-corrected chi connectivity index (χ3v) is 6.66. The van der Waals surface area contributed by atoms with Gasteiger partial charge in [-0.05, 0) is 17.7 Å². The number of carbonyl (C=O) groups excluding carboxylic acids is 1. The summed E-state index contributed by atoms with van der Waals surface area (Å²) in [6.07, 6.45) is 1.44. The molecule has 0 aliphatic carbocycles. The minimum atomic E-state index is -3.42. The Morgan fingerprint density at radius 1 is 0.897 bits per heavy atom. The number of hydrogen-bond acceptors (Lipinski definition) is 5. The Labute approximate surface area is 169 Å². The monoisotopic (exact) mass is 411 g/mol. The number of nitrogens with zero attached hydrogens (tertiary/aromatic N) is 5. The van der Waals surface area contributed by atoms with E-state index in [-0.39, 0.29) is 30.4 Å². The molecule has 8 nitrogen and oxygen atoms in total. The third kappa shape index (κ3) is 4.36. The first-order chi connectivity index (χ1) is 14.0. The fourth-order valence-corrected chi connectivity index (χ4v) is 4.77. The van der Waals surface area contributed by atoms with E-state index >= 15 is 0 Å². The molecule has 9 heteroatoms. The molecule has 0 saturated carbocycles. The van der Waals surface area contributed by atoms with Gasteiger partial charge in [0.2, 0.25) is 10.0 Å². The van der Waals surface area contributed by atoms with Crippen molar-refractivity contribution in [3.05, 3.63) is 78.1 Å². The van der Waals surface area contributed by atoms with E-state index in [9.17, 15) is 13.2 Å². The Morgan fingerprint density at radius 3 is 2.17 bits per heavy atom. The van der Waals surface area contributed by atoms with Crippen molar-refractivity contribution in [1.82, 2.24) is 24.2 Å². The third-order valence-electron chi connectivity index (χ3n) is 4.81. The van der Waals surface area contributed by atoms with Crippen molar-refractivity contribution < 1.29 is 13.2 Å². The number of amides is 1. The van der Waals surface area contributed by atoms with Gasteiger partial charge >= 0.3 is 0 Å². The van der Waals surface area contributed by atoms with Gasteiger partial charge in [-0.25, -0.2) is 8.42 Å². The van der Waals surface area contributed by atoms with Crippen molar-refractivity contribution in [3.8, 4) is 5.69 Å². The molecule has 0 atom stereocenters. The number of hydrogen-bond donors (Lipinski definition) is 0. The van der Waals surface area contributed by atoms with Gasteiger partial charge in [0.15, 0.2) is 5.69 Å². The van der Waals surface area contributed by atoms with Crippen molar-refractivity contribution in [2.24, 2.45) is 0 Å². The molecule has 0 radical (unpaired) electrons. The maximum atomic E-state index is 12.7. The van der Waals surface area contributed by atoms with Crippen LogP contribution in [0.2, 0.25) is 0 Å². The van der Waals surface area contributed by atoms with E-state index in [1.54, 1.807) is 17.0 Å². The van der Waals surface area contributed by atoms with Gasteiger partial charge in [0.05, 0.1) is 17.6 Å². The Hall–Kier alpha value is -3.04. The molecule has 1 saturated heterocycles. The van der Waals surface area contributed by atoms with Crippen molar-refractivity contribution in [1.29, 1.82) is 0 Å². The van der Waals surface area contributed by atoms with E-state index in [2.05, 4.69) is 10.2 Å². The molecule has 2 heterocycles. The highest BCUT2D eigenvalue weighted by Crippen LogP contribution is 2.15. The fourth-order valence-electron chi connectivity index (χ4n) is 3.25.